The van der Waals surface area contributed by atoms with Gasteiger partial charge in [-0.3, -0.25) is 14.5 Å². The van der Waals surface area contributed by atoms with Gasteiger partial charge in [-0.2, -0.15) is 0 Å². The minimum Gasteiger partial charge on any atom is -0.507 e. The van der Waals surface area contributed by atoms with Crippen LogP contribution in [0.15, 0.2) is 107 Å². The summed E-state index contributed by atoms with van der Waals surface area (Å²) < 4.78 is 20.6. The first-order valence-corrected chi connectivity index (χ1v) is 16.5. The molecule has 1 atom stereocenters. The van der Waals surface area contributed by atoms with Crippen molar-refractivity contribution in [2.24, 2.45) is 0 Å². The predicted octanol–water partition coefficient (Wildman–Crippen LogP) is 8.05. The second kappa shape index (κ2) is 13.7. The first-order chi connectivity index (χ1) is 22.3. The van der Waals surface area contributed by atoms with Crippen LogP contribution in [0.4, 0.5) is 9.52 Å². The van der Waals surface area contributed by atoms with Crippen LogP contribution in [0.2, 0.25) is 0 Å². The van der Waals surface area contributed by atoms with E-state index in [0.717, 1.165) is 34.4 Å². The standard InChI is InChI=1S/C36H30FN3O4S2/c1-3-23-11-13-25(14-12-23)31-30(32(41)26-15-17-28(18-16-26)44-20-24-8-6-7-22(2)19-24)33(42)34(43)40(31)35-38-39-36(46-35)45-21-27-9-4-5-10-29(27)37/h4-19,31,41H,3,20-21H2,1-2H3/b32-30+. The van der Waals surface area contributed by atoms with Gasteiger partial charge in [0.25, 0.3) is 5.78 Å². The zero-order chi connectivity index (χ0) is 32.2. The number of benzene rings is 4. The average Bonchev–Trinajstić information content (AvgIpc) is 3.65. The maximum absolute atomic E-state index is 14.2. The van der Waals surface area contributed by atoms with Crippen LogP contribution < -0.4 is 9.64 Å². The van der Waals surface area contributed by atoms with Crippen molar-refractivity contribution in [1.82, 2.24) is 10.2 Å². The third kappa shape index (κ3) is 6.59. The van der Waals surface area contributed by atoms with E-state index in [1.807, 2.05) is 56.3 Å². The van der Waals surface area contributed by atoms with Gasteiger partial charge in [0.15, 0.2) is 4.34 Å². The number of rotatable bonds is 10. The Morgan fingerprint density at radius 1 is 0.957 bits per heavy atom. The highest BCUT2D eigenvalue weighted by atomic mass is 32.2. The van der Waals surface area contributed by atoms with Gasteiger partial charge in [0.05, 0.1) is 11.6 Å². The molecule has 1 aliphatic heterocycles. The van der Waals surface area contributed by atoms with Gasteiger partial charge in [-0.1, -0.05) is 102 Å². The highest BCUT2D eigenvalue weighted by Gasteiger charge is 2.48. The Hall–Kier alpha value is -4.80. The average molecular weight is 652 g/mol. The van der Waals surface area contributed by atoms with E-state index >= 15 is 0 Å². The number of ketones is 1. The van der Waals surface area contributed by atoms with Gasteiger partial charge in [-0.15, -0.1) is 10.2 Å². The maximum atomic E-state index is 14.2. The number of nitrogens with zero attached hydrogens (tertiary/aromatic N) is 3. The van der Waals surface area contributed by atoms with Crippen molar-refractivity contribution >= 4 is 45.7 Å². The van der Waals surface area contributed by atoms with Crippen LogP contribution in [0, 0.1) is 12.7 Å². The Labute approximate surface area is 274 Å². The highest BCUT2D eigenvalue weighted by Crippen LogP contribution is 2.44. The number of ether oxygens (including phenoxy) is 1. The summed E-state index contributed by atoms with van der Waals surface area (Å²) in [7, 11) is 0. The lowest BCUT2D eigenvalue weighted by atomic mass is 9.94. The maximum Gasteiger partial charge on any atom is 0.301 e. The number of aryl methyl sites for hydroxylation is 2. The molecule has 232 valence electrons. The van der Waals surface area contributed by atoms with Crippen LogP contribution in [0.5, 0.6) is 5.75 Å². The van der Waals surface area contributed by atoms with Gasteiger partial charge in [-0.05, 0) is 65.9 Å². The molecule has 10 heteroatoms. The first-order valence-electron chi connectivity index (χ1n) is 14.7. The van der Waals surface area contributed by atoms with Crippen molar-refractivity contribution in [1.29, 1.82) is 0 Å². The van der Waals surface area contributed by atoms with Crippen LogP contribution in [-0.4, -0.2) is 27.0 Å². The summed E-state index contributed by atoms with van der Waals surface area (Å²) in [6, 6.07) is 27.9. The summed E-state index contributed by atoms with van der Waals surface area (Å²) in [5.41, 5.74) is 4.76. The topological polar surface area (TPSA) is 92.6 Å². The quantitative estimate of drug-likeness (QED) is 0.0537. The van der Waals surface area contributed by atoms with Gasteiger partial charge in [-0.25, -0.2) is 4.39 Å². The zero-order valence-corrected chi connectivity index (χ0v) is 26.8. The van der Waals surface area contributed by atoms with Crippen molar-refractivity contribution in [3.63, 3.8) is 0 Å². The molecule has 1 fully saturated rings. The first kappa shape index (κ1) is 31.2. The zero-order valence-electron chi connectivity index (χ0n) is 25.1. The smallest absolute Gasteiger partial charge is 0.301 e. The molecule has 0 bridgehead atoms. The number of carbonyl (C=O) groups excluding carboxylic acids is 2. The number of thioether (sulfide) groups is 1. The summed E-state index contributed by atoms with van der Waals surface area (Å²) in [5.74, 6) is -1.32. The van der Waals surface area contributed by atoms with Crippen molar-refractivity contribution in [3.05, 3.63) is 142 Å². The van der Waals surface area contributed by atoms with E-state index in [4.69, 9.17) is 4.74 Å². The highest BCUT2D eigenvalue weighted by molar-refractivity contribution is 8.00. The second-order valence-electron chi connectivity index (χ2n) is 10.8. The molecule has 0 aliphatic carbocycles. The predicted molar refractivity (Wildman–Crippen MR) is 178 cm³/mol. The van der Waals surface area contributed by atoms with Gasteiger partial charge >= 0.3 is 5.91 Å². The molecule has 7 nitrogen and oxygen atoms in total. The molecule has 1 unspecified atom stereocenters. The van der Waals surface area contributed by atoms with E-state index in [1.54, 1.807) is 42.5 Å². The number of aliphatic hydroxyl groups is 1. The minimum atomic E-state index is -0.930. The number of amides is 1. The number of aliphatic hydroxyl groups excluding tert-OH is 1. The molecular weight excluding hydrogens is 622 g/mol. The Morgan fingerprint density at radius 3 is 2.43 bits per heavy atom. The summed E-state index contributed by atoms with van der Waals surface area (Å²) in [5, 5.41) is 20.2. The normalized spacial score (nSPS) is 15.8. The van der Waals surface area contributed by atoms with Gasteiger partial charge in [0.2, 0.25) is 5.13 Å². The summed E-state index contributed by atoms with van der Waals surface area (Å²) >= 11 is 2.42. The third-order valence-corrected chi connectivity index (χ3v) is 9.78. The SMILES string of the molecule is CCc1ccc(C2/C(=C(\O)c3ccc(OCc4cccc(C)c4)cc3)C(=O)C(=O)N2c2nnc(SCc3ccccc3F)s2)cc1. The van der Waals surface area contributed by atoms with Gasteiger partial charge in [0, 0.05) is 11.3 Å². The molecule has 0 spiro atoms. The molecule has 2 heterocycles. The van der Waals surface area contributed by atoms with Crippen molar-refractivity contribution in [3.8, 4) is 5.75 Å². The van der Waals surface area contributed by atoms with E-state index in [-0.39, 0.29) is 22.3 Å². The number of hydrogen-bond acceptors (Lipinski definition) is 8. The number of carbonyl (C=O) groups is 2. The number of halogens is 1. The number of aromatic nitrogens is 2. The Balaban J connectivity index is 1.30. The second-order valence-corrected chi connectivity index (χ2v) is 13.0. The molecule has 4 aromatic carbocycles. The lowest BCUT2D eigenvalue weighted by Crippen LogP contribution is -2.29. The summed E-state index contributed by atoms with van der Waals surface area (Å²) in [6.45, 7) is 4.44. The van der Waals surface area contributed by atoms with E-state index in [2.05, 4.69) is 16.3 Å². The number of anilines is 1. The van der Waals surface area contributed by atoms with Crippen LogP contribution >= 0.6 is 23.1 Å². The van der Waals surface area contributed by atoms with Crippen molar-refractivity contribution in [2.45, 2.75) is 43.0 Å². The Kier molecular flexibility index (Phi) is 9.28. The number of hydrogen-bond donors (Lipinski definition) is 1. The van der Waals surface area contributed by atoms with Crippen LogP contribution in [0.3, 0.4) is 0 Å². The fourth-order valence-corrected chi connectivity index (χ4v) is 7.08. The Morgan fingerprint density at radius 2 is 1.72 bits per heavy atom. The summed E-state index contributed by atoms with van der Waals surface area (Å²) in [6.07, 6.45) is 0.817. The minimum absolute atomic E-state index is 0.0431. The van der Waals surface area contributed by atoms with Crippen LogP contribution in [0.25, 0.3) is 5.76 Å². The van der Waals surface area contributed by atoms with Crippen LogP contribution in [0.1, 0.15) is 46.3 Å². The lowest BCUT2D eigenvalue weighted by molar-refractivity contribution is -0.132. The van der Waals surface area contributed by atoms with E-state index in [1.165, 1.54) is 22.7 Å². The molecular formula is C36H30FN3O4S2. The molecule has 1 aromatic heterocycles. The largest absolute Gasteiger partial charge is 0.507 e. The monoisotopic (exact) mass is 651 g/mol. The molecule has 1 saturated heterocycles. The molecule has 1 aliphatic rings. The van der Waals surface area contributed by atoms with Gasteiger partial charge < -0.3 is 9.84 Å². The lowest BCUT2D eigenvalue weighted by Gasteiger charge is -2.22. The fraction of sp³-hybridized carbons (Fsp3) is 0.167. The molecule has 0 radical (unpaired) electrons. The molecule has 0 saturated carbocycles. The van der Waals surface area contributed by atoms with E-state index in [9.17, 15) is 19.1 Å². The molecule has 1 amide bonds. The molecule has 46 heavy (non-hydrogen) atoms. The molecule has 5 aromatic rings. The van der Waals surface area contributed by atoms with Crippen molar-refractivity contribution < 1.29 is 23.8 Å². The number of Topliss-reactive ketones (excluding diaryl/α,β-unsaturated/α-hetero) is 1. The van der Waals surface area contributed by atoms with E-state index in [0.29, 0.717) is 39.1 Å². The van der Waals surface area contributed by atoms with Gasteiger partial charge in [0.1, 0.15) is 23.9 Å². The molecule has 6 rings (SSSR count). The van der Waals surface area contributed by atoms with E-state index < -0.39 is 17.7 Å². The Bertz CT molecular complexity index is 1920. The summed E-state index contributed by atoms with van der Waals surface area (Å²) in [4.78, 5) is 28.5. The van der Waals surface area contributed by atoms with Crippen LogP contribution in [-0.2, 0) is 28.4 Å². The third-order valence-electron chi connectivity index (χ3n) is 7.67. The molecule has 1 N–H and O–H groups in total. The van der Waals surface area contributed by atoms with Crippen molar-refractivity contribution in [2.75, 3.05) is 4.90 Å². The fourth-order valence-electron chi connectivity index (χ4n) is 5.23.